The smallest absolute Gasteiger partial charge is 0.338 e. The molecular weight excluding hydrogens is 524 g/mol. The van der Waals surface area contributed by atoms with Crippen molar-refractivity contribution < 1.29 is 23.8 Å². The largest absolute Gasteiger partial charge is 0.462 e. The fraction of sp³-hybridized carbons (Fsp3) is 0.730. The molecule has 1 aromatic carbocycles. The molecule has 2 heterocycles. The van der Waals surface area contributed by atoms with Crippen LogP contribution >= 0.6 is 0 Å². The zero-order valence-corrected chi connectivity index (χ0v) is 26.1. The van der Waals surface area contributed by atoms with Crippen LogP contribution in [0.3, 0.4) is 0 Å². The Morgan fingerprint density at radius 1 is 0.810 bits per heavy atom. The van der Waals surface area contributed by atoms with Crippen LogP contribution in [-0.4, -0.2) is 37.9 Å². The van der Waals surface area contributed by atoms with Crippen LogP contribution in [0.25, 0.3) is 0 Å². The number of rotatable bonds is 0. The van der Waals surface area contributed by atoms with Crippen molar-refractivity contribution in [1.82, 2.24) is 0 Å². The molecule has 0 amide bonds. The van der Waals surface area contributed by atoms with Gasteiger partial charge in [-0.2, -0.15) is 0 Å². The number of ether oxygens (including phenoxy) is 3. The second kappa shape index (κ2) is 10.5. The lowest BCUT2D eigenvalue weighted by atomic mass is 9.45. The van der Waals surface area contributed by atoms with Crippen LogP contribution in [0.1, 0.15) is 106 Å². The predicted molar refractivity (Wildman–Crippen MR) is 162 cm³/mol. The monoisotopic (exact) mass is 574 g/mol. The maximum atomic E-state index is 12.8. The molecule has 1 spiro atoms. The number of carbonyl (C=O) groups is 2. The van der Waals surface area contributed by atoms with E-state index in [0.717, 1.165) is 36.0 Å². The summed E-state index contributed by atoms with van der Waals surface area (Å²) in [6.07, 6.45) is 16.6. The fourth-order valence-corrected chi connectivity index (χ4v) is 11.6. The Labute approximate surface area is 252 Å². The average Bonchev–Trinajstić information content (AvgIpc) is 3.49. The summed E-state index contributed by atoms with van der Waals surface area (Å²) < 4.78 is 18.0. The van der Waals surface area contributed by atoms with Crippen molar-refractivity contribution in [3.63, 3.8) is 0 Å². The van der Waals surface area contributed by atoms with Gasteiger partial charge in [0.1, 0.15) is 6.61 Å². The lowest BCUT2D eigenvalue weighted by Gasteiger charge is -2.61. The molecule has 0 radical (unpaired) electrons. The van der Waals surface area contributed by atoms with Crippen LogP contribution in [0.4, 0.5) is 0 Å². The van der Waals surface area contributed by atoms with Crippen LogP contribution in [0.15, 0.2) is 36.4 Å². The van der Waals surface area contributed by atoms with E-state index in [1.54, 1.807) is 24.3 Å². The van der Waals surface area contributed by atoms with Crippen molar-refractivity contribution in [2.45, 2.75) is 91.6 Å². The van der Waals surface area contributed by atoms with E-state index < -0.39 is 0 Å². The van der Waals surface area contributed by atoms with E-state index in [4.69, 9.17) is 14.2 Å². The molecule has 5 aliphatic carbocycles. The molecule has 7 aliphatic rings. The number of benzene rings is 1. The number of fused-ring (bicyclic) bond motifs is 13. The Morgan fingerprint density at radius 2 is 1.52 bits per heavy atom. The summed E-state index contributed by atoms with van der Waals surface area (Å²) in [4.78, 5) is 25.4. The van der Waals surface area contributed by atoms with Crippen LogP contribution in [0.2, 0.25) is 0 Å². The second-order valence-corrected chi connectivity index (χ2v) is 15.5. The predicted octanol–water partition coefficient (Wildman–Crippen LogP) is 7.89. The van der Waals surface area contributed by atoms with Gasteiger partial charge in [0.2, 0.25) is 0 Å². The summed E-state index contributed by atoms with van der Waals surface area (Å²) in [5.41, 5.74) is 2.01. The van der Waals surface area contributed by atoms with Crippen molar-refractivity contribution in [1.29, 1.82) is 0 Å². The Hall–Kier alpha value is -2.14. The van der Waals surface area contributed by atoms with Gasteiger partial charge in [-0.05, 0) is 134 Å². The van der Waals surface area contributed by atoms with Gasteiger partial charge in [-0.3, -0.25) is 0 Å². The van der Waals surface area contributed by atoms with Gasteiger partial charge < -0.3 is 14.2 Å². The number of hydrogen-bond acceptors (Lipinski definition) is 5. The molecular formula is C37H50O5. The Kier molecular flexibility index (Phi) is 7.15. The first-order valence-corrected chi connectivity index (χ1v) is 16.9. The number of allylic oxidation sites excluding steroid dienone is 2. The van der Waals surface area contributed by atoms with Gasteiger partial charge in [-0.15, -0.1) is 0 Å². The zero-order chi connectivity index (χ0) is 29.3. The van der Waals surface area contributed by atoms with Crippen LogP contribution in [0.5, 0.6) is 0 Å². The Morgan fingerprint density at radius 3 is 2.26 bits per heavy atom. The van der Waals surface area contributed by atoms with Crippen molar-refractivity contribution in [3.8, 4) is 0 Å². The first-order chi connectivity index (χ1) is 20.2. The third-order valence-corrected chi connectivity index (χ3v) is 13.7. The molecule has 5 fully saturated rings. The average molecular weight is 575 g/mol. The quantitative estimate of drug-likeness (QED) is 0.233. The van der Waals surface area contributed by atoms with E-state index in [9.17, 15) is 9.59 Å². The van der Waals surface area contributed by atoms with Crippen molar-refractivity contribution in [3.05, 3.63) is 47.5 Å². The first-order valence-electron chi connectivity index (χ1n) is 16.9. The molecule has 7 bridgehead atoms. The summed E-state index contributed by atoms with van der Waals surface area (Å²) in [7, 11) is 0. The molecule has 1 aromatic rings. The number of carbonyl (C=O) groups excluding carboxylic acids is 2. The van der Waals surface area contributed by atoms with E-state index in [-0.39, 0.29) is 30.6 Å². The summed E-state index contributed by atoms with van der Waals surface area (Å²) >= 11 is 0. The molecule has 2 aliphatic heterocycles. The highest BCUT2D eigenvalue weighted by atomic mass is 16.6. The maximum absolute atomic E-state index is 12.8. The van der Waals surface area contributed by atoms with Crippen molar-refractivity contribution in [2.24, 2.45) is 57.7 Å². The summed E-state index contributed by atoms with van der Waals surface area (Å²) in [6.45, 7) is 10.9. The van der Waals surface area contributed by atoms with Gasteiger partial charge in [-0.1, -0.05) is 39.8 Å². The molecule has 0 aromatic heterocycles. The standard InChI is InChI=1S/C37H50O5/c1-23-6-5-7-24(2)29-12-13-30-28-20-32(37-21-27(37)14-17-36(37,4)31(28)15-16-35(29,30)3)40-18-19-41-33(38)25-8-10-26(11-9-25)34(39)42-22-23/h5,7-11,23-24,27-32H,6,12-22H2,1-4H3/b7-5-/t23?,24-,27-,28+,29-,30+,31+,32-,35-,36-,37+/m1/s1. The topological polar surface area (TPSA) is 61.8 Å². The van der Waals surface area contributed by atoms with Crippen LogP contribution in [-0.2, 0) is 14.2 Å². The molecule has 8 rings (SSSR count). The lowest BCUT2D eigenvalue weighted by Crippen LogP contribution is -2.57. The lowest BCUT2D eigenvalue weighted by molar-refractivity contribution is -0.170. The number of hydrogen-bond donors (Lipinski definition) is 0. The highest BCUT2D eigenvalue weighted by Gasteiger charge is 2.77. The fourth-order valence-electron chi connectivity index (χ4n) is 11.6. The van der Waals surface area contributed by atoms with E-state index in [2.05, 4.69) is 39.8 Å². The molecule has 5 saturated carbocycles. The first kappa shape index (κ1) is 28.6. The molecule has 1 unspecified atom stereocenters. The van der Waals surface area contributed by atoms with E-state index in [1.165, 1.54) is 51.4 Å². The highest BCUT2D eigenvalue weighted by Crippen LogP contribution is 2.82. The van der Waals surface area contributed by atoms with Crippen LogP contribution in [0, 0.1) is 57.7 Å². The Balaban J connectivity index is 1.15. The third-order valence-electron chi connectivity index (χ3n) is 13.7. The molecule has 0 N–H and O–H groups in total. The molecule has 5 nitrogen and oxygen atoms in total. The molecule has 42 heavy (non-hydrogen) atoms. The zero-order valence-electron chi connectivity index (χ0n) is 26.1. The third kappa shape index (κ3) is 4.34. The minimum absolute atomic E-state index is 0.250. The molecule has 228 valence electrons. The molecule has 11 atom stereocenters. The van der Waals surface area contributed by atoms with Gasteiger partial charge in [0.15, 0.2) is 0 Å². The van der Waals surface area contributed by atoms with E-state index in [1.807, 2.05) is 0 Å². The highest BCUT2D eigenvalue weighted by molar-refractivity contribution is 5.93. The van der Waals surface area contributed by atoms with Gasteiger partial charge in [0.05, 0.1) is 30.4 Å². The maximum Gasteiger partial charge on any atom is 0.338 e. The van der Waals surface area contributed by atoms with Crippen molar-refractivity contribution >= 4 is 11.9 Å². The molecule has 5 heteroatoms. The number of esters is 2. The summed E-state index contributed by atoms with van der Waals surface area (Å²) in [6, 6.07) is 6.60. The van der Waals surface area contributed by atoms with Gasteiger partial charge in [0.25, 0.3) is 0 Å². The Bertz CT molecular complexity index is 1240. The second-order valence-electron chi connectivity index (χ2n) is 15.5. The van der Waals surface area contributed by atoms with Gasteiger partial charge in [0, 0.05) is 5.41 Å². The van der Waals surface area contributed by atoms with E-state index in [0.29, 0.717) is 46.5 Å². The van der Waals surface area contributed by atoms with Gasteiger partial charge >= 0.3 is 11.9 Å². The SMILES string of the molecule is CC1C/C=C\[C@@H](C)[C@H]2CC[C@H]3[C@@H]4C[C@@H](OCCOC(=O)c5ccc(cc5)C(=O)OC1)[C@]15C[C@H]1CC[C@]5(C)[C@H]4CC[C@]23C. The molecule has 0 saturated heterocycles. The van der Waals surface area contributed by atoms with Crippen molar-refractivity contribution in [2.75, 3.05) is 19.8 Å². The van der Waals surface area contributed by atoms with E-state index >= 15 is 0 Å². The minimum atomic E-state index is -0.372. The summed E-state index contributed by atoms with van der Waals surface area (Å²) in [5.74, 6) is 3.96. The van der Waals surface area contributed by atoms with Crippen LogP contribution < -0.4 is 0 Å². The summed E-state index contributed by atoms with van der Waals surface area (Å²) in [5, 5.41) is 0. The minimum Gasteiger partial charge on any atom is -0.462 e. The van der Waals surface area contributed by atoms with Gasteiger partial charge in [-0.25, -0.2) is 9.59 Å². The normalized spacial score (nSPS) is 47.7.